The third-order valence-corrected chi connectivity index (χ3v) is 4.04. The van der Waals surface area contributed by atoms with E-state index in [1.807, 2.05) is 0 Å². The molecular formula is C17H23ClF4N2O2. The minimum atomic E-state index is -4.17. The first-order valence-electron chi connectivity index (χ1n) is 8.20. The van der Waals surface area contributed by atoms with Crippen molar-refractivity contribution in [2.75, 3.05) is 25.0 Å². The second-order valence-corrected chi connectivity index (χ2v) is 6.20. The monoisotopic (exact) mass is 398 g/mol. The summed E-state index contributed by atoms with van der Waals surface area (Å²) in [6.45, 7) is 0.332. The second kappa shape index (κ2) is 10.7. The van der Waals surface area contributed by atoms with Crippen LogP contribution in [-0.4, -0.2) is 38.0 Å². The van der Waals surface area contributed by atoms with E-state index in [1.54, 1.807) is 24.3 Å². The van der Waals surface area contributed by atoms with E-state index in [0.717, 1.165) is 25.9 Å². The average Bonchev–Trinajstić information content (AvgIpc) is 3.06. The second-order valence-electron chi connectivity index (χ2n) is 6.20. The highest BCUT2D eigenvalue weighted by Gasteiger charge is 2.40. The molecule has 1 atom stereocenters. The highest BCUT2D eigenvalue weighted by atomic mass is 35.5. The Labute approximate surface area is 156 Å². The molecule has 0 aromatic heterocycles. The molecule has 1 amide bonds. The number of benzene rings is 1. The smallest absolute Gasteiger partial charge is 0.330 e. The van der Waals surface area contributed by atoms with Crippen LogP contribution in [0.3, 0.4) is 0 Å². The van der Waals surface area contributed by atoms with E-state index in [-0.39, 0.29) is 24.9 Å². The van der Waals surface area contributed by atoms with E-state index in [1.165, 1.54) is 0 Å². The fourth-order valence-corrected chi connectivity index (χ4v) is 2.63. The third-order valence-electron chi connectivity index (χ3n) is 4.04. The van der Waals surface area contributed by atoms with E-state index in [0.29, 0.717) is 23.6 Å². The zero-order valence-corrected chi connectivity index (χ0v) is 15.0. The van der Waals surface area contributed by atoms with Gasteiger partial charge in [0, 0.05) is 12.1 Å². The summed E-state index contributed by atoms with van der Waals surface area (Å²) in [5.41, 5.74) is 1.04. The number of carbonyl (C=O) groups is 1. The van der Waals surface area contributed by atoms with Crippen molar-refractivity contribution in [3.05, 3.63) is 29.8 Å². The van der Waals surface area contributed by atoms with Crippen molar-refractivity contribution in [2.45, 2.75) is 38.2 Å². The highest BCUT2D eigenvalue weighted by molar-refractivity contribution is 5.90. The van der Waals surface area contributed by atoms with Crippen molar-refractivity contribution in [2.24, 2.45) is 5.92 Å². The van der Waals surface area contributed by atoms with Crippen LogP contribution in [0.5, 0.6) is 0 Å². The number of anilines is 1. The lowest BCUT2D eigenvalue weighted by atomic mass is 10.0. The number of halogens is 5. The highest BCUT2D eigenvalue weighted by Crippen LogP contribution is 2.23. The number of hydrogen-bond donors (Lipinski definition) is 2. The summed E-state index contributed by atoms with van der Waals surface area (Å²) in [4.78, 5) is 12.0. The molecule has 0 saturated carbocycles. The Hall–Kier alpha value is -1.38. The molecule has 1 heterocycles. The molecule has 0 aliphatic carbocycles. The van der Waals surface area contributed by atoms with E-state index >= 15 is 0 Å². The van der Waals surface area contributed by atoms with Gasteiger partial charge in [-0.15, -0.1) is 12.4 Å². The molecule has 9 heteroatoms. The fourth-order valence-electron chi connectivity index (χ4n) is 2.63. The van der Waals surface area contributed by atoms with Gasteiger partial charge in [-0.2, -0.15) is 8.78 Å². The molecular weight excluding hydrogens is 376 g/mol. The van der Waals surface area contributed by atoms with E-state index in [9.17, 15) is 22.4 Å². The number of hydrogen-bond acceptors (Lipinski definition) is 3. The quantitative estimate of drug-likeness (QED) is 0.621. The summed E-state index contributed by atoms with van der Waals surface area (Å²) in [6, 6.07) is 6.50. The fraction of sp³-hybridized carbons (Fsp3) is 0.588. The van der Waals surface area contributed by atoms with Crippen LogP contribution < -0.4 is 10.6 Å². The summed E-state index contributed by atoms with van der Waals surface area (Å²) < 4.78 is 54.3. The third kappa shape index (κ3) is 7.47. The Bertz CT molecular complexity index is 569. The van der Waals surface area contributed by atoms with Gasteiger partial charge < -0.3 is 15.4 Å². The molecule has 1 fully saturated rings. The Morgan fingerprint density at radius 1 is 1.38 bits per heavy atom. The SMILES string of the molecule is Cl.O=C(CCC1CCNC1)Nc1cccc(COCC(F)(F)C(F)F)c1. The largest absolute Gasteiger partial charge is 0.370 e. The molecule has 0 radical (unpaired) electrons. The summed E-state index contributed by atoms with van der Waals surface area (Å²) in [6.07, 6.45) is -1.46. The topological polar surface area (TPSA) is 50.4 Å². The van der Waals surface area contributed by atoms with Crippen LogP contribution in [0.2, 0.25) is 0 Å². The number of rotatable bonds is 9. The summed E-state index contributed by atoms with van der Waals surface area (Å²) in [5.74, 6) is -3.77. The first-order chi connectivity index (χ1) is 11.9. The first kappa shape index (κ1) is 22.7. The van der Waals surface area contributed by atoms with E-state index in [2.05, 4.69) is 15.4 Å². The van der Waals surface area contributed by atoms with Crippen LogP contribution >= 0.6 is 12.4 Å². The van der Waals surface area contributed by atoms with Crippen molar-refractivity contribution in [3.63, 3.8) is 0 Å². The van der Waals surface area contributed by atoms with Crippen LogP contribution in [0.15, 0.2) is 24.3 Å². The van der Waals surface area contributed by atoms with Crippen molar-refractivity contribution >= 4 is 24.0 Å². The maximum Gasteiger partial charge on any atom is 0.330 e. The number of nitrogens with one attached hydrogen (secondary N) is 2. The minimum absolute atomic E-state index is 0. The van der Waals surface area contributed by atoms with Gasteiger partial charge in [0.1, 0.15) is 6.61 Å². The Morgan fingerprint density at radius 2 is 2.15 bits per heavy atom. The first-order valence-corrected chi connectivity index (χ1v) is 8.20. The van der Waals surface area contributed by atoms with E-state index < -0.39 is 19.0 Å². The zero-order chi connectivity index (χ0) is 18.3. The molecule has 2 N–H and O–H groups in total. The van der Waals surface area contributed by atoms with Crippen molar-refractivity contribution < 1.29 is 27.1 Å². The molecule has 0 spiro atoms. The zero-order valence-electron chi connectivity index (χ0n) is 14.2. The van der Waals surface area contributed by atoms with E-state index in [4.69, 9.17) is 0 Å². The van der Waals surface area contributed by atoms with Gasteiger partial charge in [-0.1, -0.05) is 12.1 Å². The molecule has 1 aromatic carbocycles. The van der Waals surface area contributed by atoms with Gasteiger partial charge in [0.05, 0.1) is 6.61 Å². The van der Waals surface area contributed by atoms with Gasteiger partial charge >= 0.3 is 12.3 Å². The maximum atomic E-state index is 12.8. The van der Waals surface area contributed by atoms with Gasteiger partial charge in [-0.05, 0) is 49.5 Å². The average molecular weight is 399 g/mol. The van der Waals surface area contributed by atoms with Crippen LogP contribution in [-0.2, 0) is 16.1 Å². The summed E-state index contributed by atoms with van der Waals surface area (Å²) in [7, 11) is 0. The Kier molecular flexibility index (Phi) is 9.32. The molecule has 2 rings (SSSR count). The molecule has 0 bridgehead atoms. The molecule has 1 saturated heterocycles. The molecule has 26 heavy (non-hydrogen) atoms. The minimum Gasteiger partial charge on any atom is -0.370 e. The van der Waals surface area contributed by atoms with Crippen LogP contribution in [0.4, 0.5) is 23.2 Å². The number of alkyl halides is 4. The van der Waals surface area contributed by atoms with Gasteiger partial charge in [-0.25, -0.2) is 8.78 Å². The molecule has 148 valence electrons. The van der Waals surface area contributed by atoms with Crippen LogP contribution in [0, 0.1) is 5.92 Å². The van der Waals surface area contributed by atoms with Crippen LogP contribution in [0.25, 0.3) is 0 Å². The van der Waals surface area contributed by atoms with Crippen molar-refractivity contribution in [3.8, 4) is 0 Å². The maximum absolute atomic E-state index is 12.8. The van der Waals surface area contributed by atoms with Crippen molar-refractivity contribution in [1.82, 2.24) is 5.32 Å². The lowest BCUT2D eigenvalue weighted by Gasteiger charge is -2.15. The molecule has 1 aromatic rings. The predicted molar refractivity (Wildman–Crippen MR) is 93.1 cm³/mol. The van der Waals surface area contributed by atoms with Gasteiger partial charge in [0.25, 0.3) is 0 Å². The predicted octanol–water partition coefficient (Wildman–Crippen LogP) is 3.85. The molecule has 1 aliphatic rings. The van der Waals surface area contributed by atoms with Crippen LogP contribution in [0.1, 0.15) is 24.8 Å². The molecule has 4 nitrogen and oxygen atoms in total. The summed E-state index contributed by atoms with van der Waals surface area (Å²) in [5, 5.41) is 5.99. The molecule has 1 aliphatic heterocycles. The standard InChI is InChI=1S/C17H22F4N2O2.ClH/c18-16(19)17(20,21)11-25-10-13-2-1-3-14(8-13)23-15(24)5-4-12-6-7-22-9-12;/h1-3,8,12,16,22H,4-7,9-11H2,(H,23,24);1H. The Morgan fingerprint density at radius 3 is 2.81 bits per heavy atom. The van der Waals surface area contributed by atoms with Gasteiger partial charge in [-0.3, -0.25) is 4.79 Å². The number of amides is 1. The van der Waals surface area contributed by atoms with Gasteiger partial charge in [0.15, 0.2) is 0 Å². The van der Waals surface area contributed by atoms with Crippen molar-refractivity contribution in [1.29, 1.82) is 0 Å². The Balaban J connectivity index is 0.00000338. The normalized spacial score (nSPS) is 17.2. The van der Waals surface area contributed by atoms with Gasteiger partial charge in [0.2, 0.25) is 5.91 Å². The lowest BCUT2D eigenvalue weighted by molar-refractivity contribution is -0.168. The number of ether oxygens (including phenoxy) is 1. The summed E-state index contributed by atoms with van der Waals surface area (Å²) >= 11 is 0. The lowest BCUT2D eigenvalue weighted by Crippen LogP contribution is -2.32. The number of carbonyl (C=O) groups excluding carboxylic acids is 1. The molecule has 1 unspecified atom stereocenters.